The number of nitrogens with zero attached hydrogens (tertiary/aromatic N) is 2. The maximum Gasteiger partial charge on any atom is 0.243 e. The minimum Gasteiger partial charge on any atom is -0.392 e. The summed E-state index contributed by atoms with van der Waals surface area (Å²) in [4.78, 5) is 0.108. The lowest BCUT2D eigenvalue weighted by atomic mass is 10.1. The molecule has 0 radical (unpaired) electrons. The zero-order valence-electron chi connectivity index (χ0n) is 10.3. The van der Waals surface area contributed by atoms with E-state index in [9.17, 15) is 13.5 Å². The first-order valence-electron chi connectivity index (χ1n) is 5.47. The molecule has 0 aliphatic heterocycles. The Labute approximate surface area is 102 Å². The van der Waals surface area contributed by atoms with Crippen molar-refractivity contribution in [2.75, 3.05) is 6.54 Å². The highest BCUT2D eigenvalue weighted by molar-refractivity contribution is 7.89. The number of sulfonamides is 1. The molecule has 0 saturated heterocycles. The van der Waals surface area contributed by atoms with Gasteiger partial charge in [-0.3, -0.25) is 4.68 Å². The average molecular weight is 261 g/mol. The second kappa shape index (κ2) is 5.61. The highest BCUT2D eigenvalue weighted by Crippen LogP contribution is 2.07. The fraction of sp³-hybridized carbons (Fsp3) is 0.700. The lowest BCUT2D eigenvalue weighted by molar-refractivity contribution is 0.152. The van der Waals surface area contributed by atoms with E-state index in [0.717, 1.165) is 0 Å². The van der Waals surface area contributed by atoms with Crippen molar-refractivity contribution >= 4 is 10.0 Å². The molecule has 0 saturated carbocycles. The Balaban J connectivity index is 2.56. The van der Waals surface area contributed by atoms with Gasteiger partial charge in [0.1, 0.15) is 4.90 Å². The standard InChI is InChI=1S/C10H19N3O3S/c1-8(2)4-9(14)5-12-17(15,16)10-6-11-13(3)7-10/h6-9,12,14H,4-5H2,1-3H3. The quantitative estimate of drug-likeness (QED) is 0.761. The molecule has 0 aliphatic carbocycles. The van der Waals surface area contributed by atoms with E-state index < -0.39 is 16.1 Å². The van der Waals surface area contributed by atoms with Crippen LogP contribution in [-0.2, 0) is 17.1 Å². The number of rotatable bonds is 6. The molecule has 1 aromatic heterocycles. The normalized spacial score (nSPS) is 14.2. The van der Waals surface area contributed by atoms with E-state index >= 15 is 0 Å². The fourth-order valence-electron chi connectivity index (χ4n) is 1.45. The van der Waals surface area contributed by atoms with Crippen LogP contribution < -0.4 is 4.72 Å². The summed E-state index contributed by atoms with van der Waals surface area (Å²) < 4.78 is 27.3. The molecule has 1 atom stereocenters. The summed E-state index contributed by atoms with van der Waals surface area (Å²) in [5.41, 5.74) is 0. The molecule has 6 nitrogen and oxygen atoms in total. The molecule has 0 spiro atoms. The smallest absolute Gasteiger partial charge is 0.243 e. The van der Waals surface area contributed by atoms with Gasteiger partial charge >= 0.3 is 0 Å². The van der Waals surface area contributed by atoms with E-state index in [4.69, 9.17) is 0 Å². The van der Waals surface area contributed by atoms with Crippen LogP contribution in [-0.4, -0.2) is 36.0 Å². The van der Waals surface area contributed by atoms with E-state index in [2.05, 4.69) is 9.82 Å². The second-order valence-electron chi connectivity index (χ2n) is 4.48. The molecular formula is C10H19N3O3S. The van der Waals surface area contributed by atoms with Crippen LogP contribution in [0.15, 0.2) is 17.3 Å². The summed E-state index contributed by atoms with van der Waals surface area (Å²) >= 11 is 0. The van der Waals surface area contributed by atoms with Gasteiger partial charge < -0.3 is 5.11 Å². The van der Waals surface area contributed by atoms with Crippen molar-refractivity contribution in [2.45, 2.75) is 31.3 Å². The van der Waals surface area contributed by atoms with Crippen molar-refractivity contribution < 1.29 is 13.5 Å². The van der Waals surface area contributed by atoms with Crippen LogP contribution in [0, 0.1) is 5.92 Å². The molecule has 1 aromatic rings. The molecular weight excluding hydrogens is 242 g/mol. The molecule has 1 heterocycles. The summed E-state index contributed by atoms with van der Waals surface area (Å²) in [5.74, 6) is 0.327. The van der Waals surface area contributed by atoms with Crippen molar-refractivity contribution in [3.05, 3.63) is 12.4 Å². The highest BCUT2D eigenvalue weighted by atomic mass is 32.2. The van der Waals surface area contributed by atoms with Crippen LogP contribution in [0.2, 0.25) is 0 Å². The minimum absolute atomic E-state index is 0.0232. The van der Waals surface area contributed by atoms with Gasteiger partial charge in [-0.05, 0) is 12.3 Å². The number of aromatic nitrogens is 2. The summed E-state index contributed by atoms with van der Waals surface area (Å²) in [5, 5.41) is 13.4. The lowest BCUT2D eigenvalue weighted by Gasteiger charge is -2.13. The summed E-state index contributed by atoms with van der Waals surface area (Å²) in [7, 11) is -1.92. The van der Waals surface area contributed by atoms with Gasteiger partial charge in [-0.15, -0.1) is 0 Å². The molecule has 1 unspecified atom stereocenters. The molecule has 0 fully saturated rings. The van der Waals surface area contributed by atoms with Gasteiger partial charge in [0.05, 0.1) is 12.3 Å². The first kappa shape index (κ1) is 14.1. The Morgan fingerprint density at radius 3 is 2.65 bits per heavy atom. The lowest BCUT2D eigenvalue weighted by Crippen LogP contribution is -2.32. The largest absolute Gasteiger partial charge is 0.392 e. The number of nitrogens with one attached hydrogen (secondary N) is 1. The molecule has 0 aromatic carbocycles. The summed E-state index contributed by atoms with van der Waals surface area (Å²) in [6, 6.07) is 0. The van der Waals surface area contributed by atoms with Gasteiger partial charge in [0.25, 0.3) is 0 Å². The van der Waals surface area contributed by atoms with E-state index in [1.54, 1.807) is 7.05 Å². The van der Waals surface area contributed by atoms with Gasteiger partial charge in [-0.1, -0.05) is 13.8 Å². The van der Waals surface area contributed by atoms with Gasteiger partial charge in [0.15, 0.2) is 0 Å². The Bertz CT molecular complexity index is 453. The Morgan fingerprint density at radius 2 is 2.18 bits per heavy atom. The van der Waals surface area contributed by atoms with E-state index in [1.165, 1.54) is 17.1 Å². The molecule has 0 amide bonds. The molecule has 98 valence electrons. The monoisotopic (exact) mass is 261 g/mol. The van der Waals surface area contributed by atoms with Crippen LogP contribution in [0.1, 0.15) is 20.3 Å². The maximum atomic E-state index is 11.8. The van der Waals surface area contributed by atoms with Crippen LogP contribution >= 0.6 is 0 Å². The molecule has 0 bridgehead atoms. The van der Waals surface area contributed by atoms with E-state index in [-0.39, 0.29) is 11.4 Å². The third kappa shape index (κ3) is 4.45. The van der Waals surface area contributed by atoms with Crippen LogP contribution in [0.3, 0.4) is 0 Å². The summed E-state index contributed by atoms with van der Waals surface area (Å²) in [6.07, 6.45) is 2.59. The molecule has 2 N–H and O–H groups in total. The van der Waals surface area contributed by atoms with Gasteiger partial charge in [-0.25, -0.2) is 13.1 Å². The van der Waals surface area contributed by atoms with Crippen LogP contribution in [0.5, 0.6) is 0 Å². The number of aliphatic hydroxyl groups excluding tert-OH is 1. The third-order valence-corrected chi connectivity index (χ3v) is 3.62. The number of aliphatic hydroxyl groups is 1. The fourth-order valence-corrected chi connectivity index (χ4v) is 2.51. The predicted molar refractivity (Wildman–Crippen MR) is 63.9 cm³/mol. The first-order valence-corrected chi connectivity index (χ1v) is 6.96. The van der Waals surface area contributed by atoms with Gasteiger partial charge in [0.2, 0.25) is 10.0 Å². The Hall–Kier alpha value is -0.920. The van der Waals surface area contributed by atoms with Crippen LogP contribution in [0.25, 0.3) is 0 Å². The molecule has 1 rings (SSSR count). The van der Waals surface area contributed by atoms with Crippen molar-refractivity contribution in [1.29, 1.82) is 0 Å². The molecule has 0 aliphatic rings. The Kier molecular flexibility index (Phi) is 4.67. The van der Waals surface area contributed by atoms with Crippen LogP contribution in [0.4, 0.5) is 0 Å². The van der Waals surface area contributed by atoms with E-state index in [0.29, 0.717) is 12.3 Å². The molecule has 17 heavy (non-hydrogen) atoms. The molecule has 7 heteroatoms. The number of hydrogen-bond donors (Lipinski definition) is 2. The zero-order chi connectivity index (χ0) is 13.1. The van der Waals surface area contributed by atoms with Crippen molar-refractivity contribution in [2.24, 2.45) is 13.0 Å². The predicted octanol–water partition coefficient (Wildman–Crippen LogP) is 0.105. The average Bonchev–Trinajstić information content (AvgIpc) is 2.62. The number of aryl methyl sites for hydroxylation is 1. The van der Waals surface area contributed by atoms with E-state index in [1.807, 2.05) is 13.8 Å². The van der Waals surface area contributed by atoms with Crippen molar-refractivity contribution in [3.63, 3.8) is 0 Å². The minimum atomic E-state index is -3.56. The zero-order valence-corrected chi connectivity index (χ0v) is 11.1. The van der Waals surface area contributed by atoms with Crippen molar-refractivity contribution in [3.8, 4) is 0 Å². The van der Waals surface area contributed by atoms with Crippen molar-refractivity contribution in [1.82, 2.24) is 14.5 Å². The van der Waals surface area contributed by atoms with Gasteiger partial charge in [-0.2, -0.15) is 5.10 Å². The van der Waals surface area contributed by atoms with Gasteiger partial charge in [0, 0.05) is 19.8 Å². The first-order chi connectivity index (χ1) is 7.81. The second-order valence-corrected chi connectivity index (χ2v) is 6.25. The number of hydrogen-bond acceptors (Lipinski definition) is 4. The SMILES string of the molecule is CC(C)CC(O)CNS(=O)(=O)c1cnn(C)c1. The Morgan fingerprint density at radius 1 is 1.53 bits per heavy atom. The third-order valence-electron chi connectivity index (χ3n) is 2.24. The maximum absolute atomic E-state index is 11.8. The highest BCUT2D eigenvalue weighted by Gasteiger charge is 2.17. The topological polar surface area (TPSA) is 84.2 Å². The summed E-state index contributed by atoms with van der Waals surface area (Å²) in [6.45, 7) is 3.97.